The van der Waals surface area contributed by atoms with E-state index >= 15 is 0 Å². The van der Waals surface area contributed by atoms with Crippen LogP contribution in [0, 0.1) is 22.2 Å². The number of rotatable bonds is 7. The van der Waals surface area contributed by atoms with Crippen LogP contribution < -0.4 is 5.32 Å². The van der Waals surface area contributed by atoms with Crippen molar-refractivity contribution in [1.29, 1.82) is 0 Å². The van der Waals surface area contributed by atoms with Crippen LogP contribution in [0.5, 0.6) is 0 Å². The van der Waals surface area contributed by atoms with Crippen LogP contribution in [0.3, 0.4) is 0 Å². The highest BCUT2D eigenvalue weighted by atomic mass is 14.9. The van der Waals surface area contributed by atoms with Gasteiger partial charge in [0.15, 0.2) is 0 Å². The fraction of sp³-hybridized carbons (Fsp3) is 0.760. The summed E-state index contributed by atoms with van der Waals surface area (Å²) in [7, 11) is 0. The second-order valence-electron chi connectivity index (χ2n) is 11.1. The van der Waals surface area contributed by atoms with Gasteiger partial charge < -0.3 is 5.32 Å². The van der Waals surface area contributed by atoms with E-state index in [1.165, 1.54) is 44.3 Å². The van der Waals surface area contributed by atoms with Gasteiger partial charge in [0.25, 0.3) is 0 Å². The Bertz CT molecular complexity index is 558. The average molecular weight is 359 g/mol. The van der Waals surface area contributed by atoms with Crippen LogP contribution in [0.15, 0.2) is 30.3 Å². The number of nitrogens with two attached hydrogens (primary N) is 1. The number of hydrogen-bond acceptors (Lipinski definition) is 0. The molecule has 1 aliphatic rings. The molecule has 0 saturated carbocycles. The van der Waals surface area contributed by atoms with Gasteiger partial charge in [0.1, 0.15) is 0 Å². The maximum absolute atomic E-state index is 2.57. The first-order valence-electron chi connectivity index (χ1n) is 10.8. The fourth-order valence-electron chi connectivity index (χ4n) is 5.36. The summed E-state index contributed by atoms with van der Waals surface area (Å²) in [5, 5.41) is 2.50. The van der Waals surface area contributed by atoms with E-state index in [4.69, 9.17) is 0 Å². The highest BCUT2D eigenvalue weighted by molar-refractivity contribution is 5.28. The first-order chi connectivity index (χ1) is 11.9. The number of hydrogen-bond donors (Lipinski definition) is 1. The van der Waals surface area contributed by atoms with Crippen LogP contribution >= 0.6 is 0 Å². The molecule has 2 N–H and O–H groups in total. The molecular weight excluding hydrogens is 314 g/mol. The summed E-state index contributed by atoms with van der Waals surface area (Å²) in [6.07, 6.45) is 5.51. The van der Waals surface area contributed by atoms with Gasteiger partial charge in [0, 0.05) is 12.3 Å². The summed E-state index contributed by atoms with van der Waals surface area (Å²) in [4.78, 5) is 0. The molecule has 1 nitrogen and oxygen atoms in total. The minimum Gasteiger partial charge on any atom is -0.346 e. The van der Waals surface area contributed by atoms with Gasteiger partial charge in [-0.3, -0.25) is 0 Å². The van der Waals surface area contributed by atoms with E-state index in [1.54, 1.807) is 0 Å². The van der Waals surface area contributed by atoms with E-state index in [1.807, 2.05) is 0 Å². The second kappa shape index (κ2) is 7.66. The van der Waals surface area contributed by atoms with Crippen LogP contribution in [-0.4, -0.2) is 13.1 Å². The molecule has 0 aliphatic carbocycles. The third kappa shape index (κ3) is 3.88. The van der Waals surface area contributed by atoms with Crippen molar-refractivity contribution in [3.63, 3.8) is 0 Å². The molecule has 2 rings (SSSR count). The highest BCUT2D eigenvalue weighted by Crippen LogP contribution is 2.61. The van der Waals surface area contributed by atoms with Crippen LogP contribution in [-0.2, 0) is 5.41 Å². The van der Waals surface area contributed by atoms with Crippen LogP contribution in [0.2, 0.25) is 0 Å². The molecule has 1 aliphatic heterocycles. The summed E-state index contributed by atoms with van der Waals surface area (Å²) in [6, 6.07) is 11.2. The standard InChI is InChI=1S/C25H43N/c1-22(2,3)25(8,17-12-13-20-16-18-26-19-20)24(6,7)23(4,5)21-14-10-9-11-15-21/h9-11,14-15,20,26H,12-13,16-19H2,1-8H3/p+1. The Kier molecular flexibility index (Phi) is 6.33. The number of quaternary nitrogens is 1. The number of benzene rings is 1. The van der Waals surface area contributed by atoms with Crippen LogP contribution in [0.25, 0.3) is 0 Å². The van der Waals surface area contributed by atoms with Gasteiger partial charge in [-0.15, -0.1) is 0 Å². The highest BCUT2D eigenvalue weighted by Gasteiger charge is 2.55. The zero-order valence-electron chi connectivity index (χ0n) is 18.8. The zero-order chi connectivity index (χ0) is 19.6. The predicted molar refractivity (Wildman–Crippen MR) is 114 cm³/mol. The maximum Gasteiger partial charge on any atom is 0.0786 e. The van der Waals surface area contributed by atoms with Crippen molar-refractivity contribution in [1.82, 2.24) is 0 Å². The zero-order valence-corrected chi connectivity index (χ0v) is 18.8. The van der Waals surface area contributed by atoms with Crippen molar-refractivity contribution in [3.05, 3.63) is 35.9 Å². The van der Waals surface area contributed by atoms with E-state index in [2.05, 4.69) is 91.0 Å². The SMILES string of the molecule is CC(C)(C)C(C)(CCCC1CC[NH2+]C1)C(C)(C)C(C)(C)c1ccccc1. The molecular formula is C25H44N+. The molecule has 1 fully saturated rings. The summed E-state index contributed by atoms with van der Waals surface area (Å²) >= 11 is 0. The molecule has 1 heterocycles. The van der Waals surface area contributed by atoms with Crippen molar-refractivity contribution in [3.8, 4) is 0 Å². The van der Waals surface area contributed by atoms with Crippen LogP contribution in [0.4, 0.5) is 0 Å². The first kappa shape index (κ1) is 21.5. The minimum atomic E-state index is 0.122. The molecule has 2 atom stereocenters. The molecule has 26 heavy (non-hydrogen) atoms. The van der Waals surface area contributed by atoms with E-state index in [0.717, 1.165) is 5.92 Å². The summed E-state index contributed by atoms with van der Waals surface area (Å²) < 4.78 is 0. The molecule has 1 aromatic rings. The molecule has 0 spiro atoms. The van der Waals surface area contributed by atoms with Crippen molar-refractivity contribution < 1.29 is 5.32 Å². The van der Waals surface area contributed by atoms with E-state index < -0.39 is 0 Å². The summed E-state index contributed by atoms with van der Waals surface area (Å²) in [5.41, 5.74) is 2.30. The van der Waals surface area contributed by atoms with Gasteiger partial charge in [-0.2, -0.15) is 0 Å². The van der Waals surface area contributed by atoms with Crippen molar-refractivity contribution in [2.45, 2.75) is 86.5 Å². The molecule has 1 heteroatoms. The minimum absolute atomic E-state index is 0.122. The van der Waals surface area contributed by atoms with E-state index in [-0.39, 0.29) is 21.7 Å². The Labute approximate surface area is 163 Å². The van der Waals surface area contributed by atoms with E-state index in [9.17, 15) is 0 Å². The molecule has 2 unspecified atom stereocenters. The lowest BCUT2D eigenvalue weighted by Gasteiger charge is -2.60. The Hall–Kier alpha value is -0.820. The quantitative estimate of drug-likeness (QED) is 0.634. The van der Waals surface area contributed by atoms with E-state index in [0.29, 0.717) is 0 Å². The Balaban J connectivity index is 2.28. The first-order valence-corrected chi connectivity index (χ1v) is 10.8. The molecule has 148 valence electrons. The Morgan fingerprint density at radius 1 is 0.923 bits per heavy atom. The van der Waals surface area contributed by atoms with Gasteiger partial charge in [0.2, 0.25) is 0 Å². The maximum atomic E-state index is 2.57. The largest absolute Gasteiger partial charge is 0.346 e. The Morgan fingerprint density at radius 3 is 2.04 bits per heavy atom. The normalized spacial score (nSPS) is 21.6. The molecule has 1 aromatic carbocycles. The fourth-order valence-corrected chi connectivity index (χ4v) is 5.36. The second-order valence-corrected chi connectivity index (χ2v) is 11.1. The summed E-state index contributed by atoms with van der Waals surface area (Å²) in [6.45, 7) is 22.6. The predicted octanol–water partition coefficient (Wildman–Crippen LogP) is 5.80. The van der Waals surface area contributed by atoms with Gasteiger partial charge in [0.05, 0.1) is 13.1 Å². The van der Waals surface area contributed by atoms with Crippen molar-refractivity contribution in [2.24, 2.45) is 22.2 Å². The monoisotopic (exact) mass is 358 g/mol. The van der Waals surface area contributed by atoms with Crippen molar-refractivity contribution >= 4 is 0 Å². The Morgan fingerprint density at radius 2 is 1.54 bits per heavy atom. The van der Waals surface area contributed by atoms with Gasteiger partial charge in [-0.25, -0.2) is 0 Å². The molecule has 0 bridgehead atoms. The van der Waals surface area contributed by atoms with Gasteiger partial charge >= 0.3 is 0 Å². The van der Waals surface area contributed by atoms with Crippen LogP contribution in [0.1, 0.15) is 86.6 Å². The third-order valence-electron chi connectivity index (χ3n) is 8.66. The smallest absolute Gasteiger partial charge is 0.0786 e. The molecule has 0 radical (unpaired) electrons. The van der Waals surface area contributed by atoms with Gasteiger partial charge in [-0.05, 0) is 40.1 Å². The third-order valence-corrected chi connectivity index (χ3v) is 8.66. The molecule has 0 amide bonds. The lowest BCUT2D eigenvalue weighted by molar-refractivity contribution is -0.638. The van der Waals surface area contributed by atoms with Crippen molar-refractivity contribution in [2.75, 3.05) is 13.1 Å². The average Bonchev–Trinajstić information content (AvgIpc) is 3.07. The summed E-state index contributed by atoms with van der Waals surface area (Å²) in [5.74, 6) is 0.949. The topological polar surface area (TPSA) is 16.6 Å². The van der Waals surface area contributed by atoms with Gasteiger partial charge in [-0.1, -0.05) is 92.1 Å². The molecule has 0 aromatic heterocycles. The lowest BCUT2D eigenvalue weighted by Crippen LogP contribution is -2.81. The molecule has 1 saturated heterocycles. The lowest BCUT2D eigenvalue weighted by atomic mass is 9.44.